The van der Waals surface area contributed by atoms with Crippen LogP contribution in [0.5, 0.6) is 0 Å². The number of nitrogens with two attached hydrogens (primary N) is 1. The number of nitrogens with zero attached hydrogens (tertiary/aromatic N) is 5. The van der Waals surface area contributed by atoms with Gasteiger partial charge in [0.25, 0.3) is 0 Å². The monoisotopic (exact) mass is 278 g/mol. The normalized spacial score (nSPS) is 11.8. The Hall–Kier alpha value is -2.38. The molecule has 2 N–H and O–H groups in total. The van der Waals surface area contributed by atoms with Crippen LogP contribution in [-0.2, 0) is 19.0 Å². The topological polar surface area (TPSA) is 105 Å². The molecule has 0 radical (unpaired) electrons. The quantitative estimate of drug-likeness (QED) is 0.675. The number of nitrogen functional groups attached to an aromatic ring is 1. The van der Waals surface area contributed by atoms with Gasteiger partial charge in [-0.05, 0) is 0 Å². The van der Waals surface area contributed by atoms with E-state index in [1.54, 1.807) is 4.68 Å². The maximum Gasteiger partial charge on any atom is 0.330 e. The molecular formula is C12H18N6O2. The number of nitro groups is 1. The summed E-state index contributed by atoms with van der Waals surface area (Å²) in [6, 6.07) is 0. The Bertz CT molecular complexity index is 649. The highest BCUT2D eigenvalue weighted by Crippen LogP contribution is 2.26. The smallest absolute Gasteiger partial charge is 0.330 e. The number of aryl methyl sites for hydroxylation is 1. The summed E-state index contributed by atoms with van der Waals surface area (Å²) < 4.78 is 3.15. The molecule has 0 aromatic carbocycles. The second-order valence-electron chi connectivity index (χ2n) is 5.76. The van der Waals surface area contributed by atoms with Gasteiger partial charge in [-0.2, -0.15) is 10.2 Å². The lowest BCUT2D eigenvalue weighted by molar-refractivity contribution is -0.384. The zero-order chi connectivity index (χ0) is 15.1. The zero-order valence-corrected chi connectivity index (χ0v) is 12.0. The van der Waals surface area contributed by atoms with Gasteiger partial charge in [0.2, 0.25) is 5.82 Å². The van der Waals surface area contributed by atoms with Crippen molar-refractivity contribution in [3.63, 3.8) is 0 Å². The average Bonchev–Trinajstić information content (AvgIpc) is 2.83. The Balaban J connectivity index is 2.38. The van der Waals surface area contributed by atoms with Crippen LogP contribution >= 0.6 is 0 Å². The predicted molar refractivity (Wildman–Crippen MR) is 74.3 cm³/mol. The lowest BCUT2D eigenvalue weighted by atomic mass is 9.89. The van der Waals surface area contributed by atoms with Gasteiger partial charge < -0.3 is 5.73 Å². The van der Waals surface area contributed by atoms with Crippen molar-refractivity contribution in [2.24, 2.45) is 7.05 Å². The van der Waals surface area contributed by atoms with Crippen LogP contribution in [0.15, 0.2) is 12.4 Å². The molecule has 0 fully saturated rings. The van der Waals surface area contributed by atoms with E-state index in [0.29, 0.717) is 6.54 Å². The van der Waals surface area contributed by atoms with Gasteiger partial charge in [0.1, 0.15) is 6.20 Å². The minimum absolute atomic E-state index is 0.0544. The van der Waals surface area contributed by atoms with Crippen molar-refractivity contribution in [1.29, 1.82) is 0 Å². The van der Waals surface area contributed by atoms with Gasteiger partial charge in [-0.25, -0.2) is 4.68 Å². The van der Waals surface area contributed by atoms with Crippen molar-refractivity contribution in [3.05, 3.63) is 33.8 Å². The highest BCUT2D eigenvalue weighted by Gasteiger charge is 2.24. The van der Waals surface area contributed by atoms with Crippen molar-refractivity contribution in [2.45, 2.75) is 32.7 Å². The molecule has 0 saturated carbocycles. The third-order valence-corrected chi connectivity index (χ3v) is 2.99. The van der Waals surface area contributed by atoms with E-state index in [0.717, 1.165) is 11.3 Å². The van der Waals surface area contributed by atoms with Crippen LogP contribution < -0.4 is 5.73 Å². The first-order chi connectivity index (χ1) is 9.20. The molecule has 0 unspecified atom stereocenters. The van der Waals surface area contributed by atoms with E-state index in [2.05, 4.69) is 31.0 Å². The third kappa shape index (κ3) is 2.49. The maximum absolute atomic E-state index is 10.8. The fourth-order valence-corrected chi connectivity index (χ4v) is 2.10. The second-order valence-corrected chi connectivity index (χ2v) is 5.76. The van der Waals surface area contributed by atoms with Gasteiger partial charge in [-0.15, -0.1) is 0 Å². The van der Waals surface area contributed by atoms with E-state index in [4.69, 9.17) is 5.73 Å². The van der Waals surface area contributed by atoms with Gasteiger partial charge in [0.05, 0.1) is 17.2 Å². The molecule has 8 nitrogen and oxygen atoms in total. The number of rotatable bonds is 3. The second kappa shape index (κ2) is 4.62. The van der Waals surface area contributed by atoms with E-state index >= 15 is 0 Å². The Morgan fingerprint density at radius 3 is 2.60 bits per heavy atom. The molecule has 8 heteroatoms. The van der Waals surface area contributed by atoms with E-state index in [-0.39, 0.29) is 16.9 Å². The standard InChI is InChI=1S/C12H18N6O2/c1-12(2,3)10-8(6-16(4)15-10)7-17-11(13)9(5-14-17)18(19)20/h5-6H,7,13H2,1-4H3. The maximum atomic E-state index is 10.8. The number of hydrogen-bond donors (Lipinski definition) is 1. The van der Waals surface area contributed by atoms with E-state index in [9.17, 15) is 10.1 Å². The Morgan fingerprint density at radius 1 is 1.45 bits per heavy atom. The third-order valence-electron chi connectivity index (χ3n) is 2.99. The number of aromatic nitrogens is 4. The summed E-state index contributed by atoms with van der Waals surface area (Å²) in [4.78, 5) is 10.2. The first-order valence-electron chi connectivity index (χ1n) is 6.19. The van der Waals surface area contributed by atoms with Crippen LogP contribution in [0.2, 0.25) is 0 Å². The zero-order valence-electron chi connectivity index (χ0n) is 12.0. The van der Waals surface area contributed by atoms with Crippen molar-refractivity contribution in [3.8, 4) is 0 Å². The SMILES string of the molecule is Cn1cc(Cn2ncc([N+](=O)[O-])c2N)c(C(C)(C)C)n1. The molecule has 2 rings (SSSR count). The lowest BCUT2D eigenvalue weighted by Gasteiger charge is -2.17. The summed E-state index contributed by atoms with van der Waals surface area (Å²) in [5.74, 6) is 0.0544. The first kappa shape index (κ1) is 14.0. The summed E-state index contributed by atoms with van der Waals surface area (Å²) in [5.41, 5.74) is 7.33. The van der Waals surface area contributed by atoms with Gasteiger partial charge in [0.15, 0.2) is 0 Å². The Kier molecular flexibility index (Phi) is 3.24. The fourth-order valence-electron chi connectivity index (χ4n) is 2.10. The van der Waals surface area contributed by atoms with Crippen molar-refractivity contribution < 1.29 is 4.92 Å². The summed E-state index contributed by atoms with van der Waals surface area (Å²) >= 11 is 0. The molecule has 2 heterocycles. The van der Waals surface area contributed by atoms with Crippen molar-refractivity contribution >= 4 is 11.5 Å². The fraction of sp³-hybridized carbons (Fsp3) is 0.500. The molecule has 108 valence electrons. The van der Waals surface area contributed by atoms with Gasteiger partial charge in [-0.1, -0.05) is 20.8 Å². The highest BCUT2D eigenvalue weighted by atomic mass is 16.6. The molecule has 0 saturated heterocycles. The molecule has 0 aliphatic carbocycles. The van der Waals surface area contributed by atoms with Crippen LogP contribution in [0.4, 0.5) is 11.5 Å². The Labute approximate surface area is 116 Å². The Morgan fingerprint density at radius 2 is 2.10 bits per heavy atom. The summed E-state index contributed by atoms with van der Waals surface area (Å²) in [6.07, 6.45) is 3.05. The predicted octanol–water partition coefficient (Wildman–Crippen LogP) is 1.45. The summed E-state index contributed by atoms with van der Waals surface area (Å²) in [7, 11) is 1.84. The molecule has 0 aliphatic rings. The minimum Gasteiger partial charge on any atom is -0.378 e. The molecule has 20 heavy (non-hydrogen) atoms. The molecule has 0 amide bonds. The van der Waals surface area contributed by atoms with Crippen LogP contribution in [0.25, 0.3) is 0 Å². The van der Waals surface area contributed by atoms with Crippen LogP contribution in [0.1, 0.15) is 32.0 Å². The molecule has 0 bridgehead atoms. The average molecular weight is 278 g/mol. The molecule has 0 spiro atoms. The lowest BCUT2D eigenvalue weighted by Crippen LogP contribution is -2.16. The van der Waals surface area contributed by atoms with Crippen molar-refractivity contribution in [1.82, 2.24) is 19.6 Å². The van der Waals surface area contributed by atoms with Crippen LogP contribution in [0, 0.1) is 10.1 Å². The molecule has 0 atom stereocenters. The molecule has 0 aliphatic heterocycles. The first-order valence-corrected chi connectivity index (χ1v) is 6.19. The molecule has 2 aromatic rings. The summed E-state index contributed by atoms with van der Waals surface area (Å²) in [6.45, 7) is 6.55. The van der Waals surface area contributed by atoms with E-state index in [1.165, 1.54) is 10.9 Å². The minimum atomic E-state index is -0.535. The highest BCUT2D eigenvalue weighted by molar-refractivity contribution is 5.51. The van der Waals surface area contributed by atoms with Crippen LogP contribution in [-0.4, -0.2) is 24.5 Å². The molecule has 2 aromatic heterocycles. The van der Waals surface area contributed by atoms with Gasteiger partial charge in [0, 0.05) is 24.2 Å². The van der Waals surface area contributed by atoms with Gasteiger partial charge >= 0.3 is 5.69 Å². The number of hydrogen-bond acceptors (Lipinski definition) is 5. The molecular weight excluding hydrogens is 260 g/mol. The van der Waals surface area contributed by atoms with Crippen LogP contribution in [0.3, 0.4) is 0 Å². The van der Waals surface area contributed by atoms with Gasteiger partial charge in [-0.3, -0.25) is 14.8 Å². The largest absolute Gasteiger partial charge is 0.378 e. The van der Waals surface area contributed by atoms with E-state index in [1.807, 2.05) is 13.2 Å². The number of anilines is 1. The van der Waals surface area contributed by atoms with E-state index < -0.39 is 4.92 Å². The van der Waals surface area contributed by atoms with Crippen molar-refractivity contribution in [2.75, 3.05) is 5.73 Å². The summed E-state index contributed by atoms with van der Waals surface area (Å²) in [5, 5.41) is 19.2.